The largest absolute Gasteiger partial charge is 0.350 e. The van der Waals surface area contributed by atoms with E-state index in [9.17, 15) is 17.6 Å². The number of carbonyl (C=O) groups excluding carboxylic acids is 1. The summed E-state index contributed by atoms with van der Waals surface area (Å²) in [5.74, 6) is -1.08. The lowest BCUT2D eigenvalue weighted by molar-refractivity contribution is -0.131. The van der Waals surface area contributed by atoms with Gasteiger partial charge in [-0.3, -0.25) is 4.79 Å². The van der Waals surface area contributed by atoms with Crippen molar-refractivity contribution in [2.45, 2.75) is 44.3 Å². The molecule has 0 fully saturated rings. The van der Waals surface area contributed by atoms with Crippen molar-refractivity contribution in [2.75, 3.05) is 5.75 Å². The van der Waals surface area contributed by atoms with Crippen LogP contribution in [-0.2, 0) is 14.6 Å². The van der Waals surface area contributed by atoms with Crippen LogP contribution in [0.25, 0.3) is 0 Å². The number of hydrogen-bond acceptors (Lipinski definition) is 3. The first kappa shape index (κ1) is 16.6. The normalized spacial score (nSPS) is 13.8. The molecule has 1 N–H and O–H groups in total. The lowest BCUT2D eigenvalue weighted by Crippen LogP contribution is -2.45. The summed E-state index contributed by atoms with van der Waals surface area (Å²) in [4.78, 5) is 11.7. The zero-order valence-corrected chi connectivity index (χ0v) is 12.9. The molecule has 1 rings (SSSR count). The standard InChI is InChI=1S/C14H20FNO3S/c1-10-5-7-12(8-6-10)20(18,19)9-11(2)16-13(17)14(3,4)15/h5-8,11H,9H2,1-4H3,(H,16,17)/t11-/m0/s1. The number of aryl methyl sites for hydroxylation is 1. The van der Waals surface area contributed by atoms with E-state index < -0.39 is 27.5 Å². The quantitative estimate of drug-likeness (QED) is 0.905. The van der Waals surface area contributed by atoms with E-state index in [2.05, 4.69) is 5.32 Å². The predicted molar refractivity (Wildman–Crippen MR) is 76.0 cm³/mol. The summed E-state index contributed by atoms with van der Waals surface area (Å²) in [6.07, 6.45) is 0. The Balaban J connectivity index is 2.76. The van der Waals surface area contributed by atoms with Gasteiger partial charge in [-0.15, -0.1) is 0 Å². The molecule has 0 saturated heterocycles. The zero-order valence-electron chi connectivity index (χ0n) is 12.1. The molecule has 0 aliphatic rings. The molecule has 1 aromatic carbocycles. The Labute approximate surface area is 119 Å². The second-order valence-electron chi connectivity index (χ2n) is 5.44. The van der Waals surface area contributed by atoms with Crippen LogP contribution in [0.3, 0.4) is 0 Å². The molecule has 0 unspecified atom stereocenters. The first-order valence-electron chi connectivity index (χ1n) is 6.31. The van der Waals surface area contributed by atoms with Gasteiger partial charge in [0.25, 0.3) is 5.91 Å². The number of nitrogens with one attached hydrogen (secondary N) is 1. The van der Waals surface area contributed by atoms with Crippen molar-refractivity contribution in [3.05, 3.63) is 29.8 Å². The van der Waals surface area contributed by atoms with E-state index in [0.717, 1.165) is 19.4 Å². The van der Waals surface area contributed by atoms with Gasteiger partial charge in [0.1, 0.15) is 0 Å². The average Bonchev–Trinajstić information content (AvgIpc) is 2.27. The smallest absolute Gasteiger partial charge is 0.257 e. The fourth-order valence-corrected chi connectivity index (χ4v) is 3.09. The van der Waals surface area contributed by atoms with Gasteiger partial charge >= 0.3 is 0 Å². The molecule has 1 amide bonds. The highest BCUT2D eigenvalue weighted by Crippen LogP contribution is 2.14. The van der Waals surface area contributed by atoms with E-state index in [-0.39, 0.29) is 10.6 Å². The van der Waals surface area contributed by atoms with Crippen LogP contribution >= 0.6 is 0 Å². The minimum atomic E-state index is -3.50. The Morgan fingerprint density at radius 1 is 1.30 bits per heavy atom. The van der Waals surface area contributed by atoms with E-state index in [0.29, 0.717) is 0 Å². The lowest BCUT2D eigenvalue weighted by Gasteiger charge is -2.19. The summed E-state index contributed by atoms with van der Waals surface area (Å²) in [6.45, 7) is 5.66. The van der Waals surface area contributed by atoms with E-state index in [1.54, 1.807) is 12.1 Å². The van der Waals surface area contributed by atoms with Crippen LogP contribution in [0, 0.1) is 6.92 Å². The monoisotopic (exact) mass is 301 g/mol. The molecule has 0 saturated carbocycles. The molecule has 0 aliphatic heterocycles. The Hall–Kier alpha value is -1.43. The van der Waals surface area contributed by atoms with Gasteiger partial charge in [0, 0.05) is 6.04 Å². The minimum Gasteiger partial charge on any atom is -0.350 e. The number of rotatable bonds is 5. The second kappa shape index (κ2) is 5.91. The highest BCUT2D eigenvalue weighted by molar-refractivity contribution is 7.91. The molecular formula is C14H20FNO3S. The van der Waals surface area contributed by atoms with Crippen molar-refractivity contribution in [1.29, 1.82) is 0 Å². The fraction of sp³-hybridized carbons (Fsp3) is 0.500. The van der Waals surface area contributed by atoms with Crippen molar-refractivity contribution in [1.82, 2.24) is 5.32 Å². The molecule has 0 radical (unpaired) electrons. The maximum Gasteiger partial charge on any atom is 0.257 e. The molecule has 0 aliphatic carbocycles. The predicted octanol–water partition coefficient (Wildman–Crippen LogP) is 2.02. The van der Waals surface area contributed by atoms with Crippen LogP contribution in [0.5, 0.6) is 0 Å². The molecule has 6 heteroatoms. The third kappa shape index (κ3) is 4.59. The summed E-state index contributed by atoms with van der Waals surface area (Å²) in [5, 5.41) is 2.36. The van der Waals surface area contributed by atoms with Crippen LogP contribution < -0.4 is 5.32 Å². The Kier molecular flexibility index (Phi) is 4.91. The van der Waals surface area contributed by atoms with Gasteiger partial charge < -0.3 is 5.32 Å². The molecule has 1 aromatic rings. The number of benzene rings is 1. The highest BCUT2D eigenvalue weighted by atomic mass is 32.2. The number of alkyl halides is 1. The molecule has 112 valence electrons. The van der Waals surface area contributed by atoms with Gasteiger partial charge in [-0.25, -0.2) is 12.8 Å². The number of carbonyl (C=O) groups is 1. The van der Waals surface area contributed by atoms with E-state index in [1.165, 1.54) is 19.1 Å². The van der Waals surface area contributed by atoms with Crippen LogP contribution in [0.15, 0.2) is 29.2 Å². The van der Waals surface area contributed by atoms with Crippen LogP contribution in [0.1, 0.15) is 26.3 Å². The lowest BCUT2D eigenvalue weighted by atomic mass is 10.1. The SMILES string of the molecule is Cc1ccc(S(=O)(=O)C[C@H](C)NC(=O)C(C)(C)F)cc1. The molecular weight excluding hydrogens is 281 g/mol. The third-order valence-corrected chi connectivity index (χ3v) is 4.70. The van der Waals surface area contributed by atoms with Crippen molar-refractivity contribution in [3.63, 3.8) is 0 Å². The van der Waals surface area contributed by atoms with Gasteiger partial charge in [0.15, 0.2) is 15.5 Å². The van der Waals surface area contributed by atoms with Gasteiger partial charge in [0.05, 0.1) is 10.6 Å². The van der Waals surface area contributed by atoms with Gasteiger partial charge in [-0.2, -0.15) is 0 Å². The van der Waals surface area contributed by atoms with E-state index in [4.69, 9.17) is 0 Å². The maximum absolute atomic E-state index is 13.4. The van der Waals surface area contributed by atoms with Crippen LogP contribution in [-0.4, -0.2) is 31.8 Å². The summed E-state index contributed by atoms with van der Waals surface area (Å²) in [7, 11) is -3.50. The number of amides is 1. The van der Waals surface area contributed by atoms with Crippen molar-refractivity contribution in [2.24, 2.45) is 0 Å². The maximum atomic E-state index is 13.4. The summed E-state index contributed by atoms with van der Waals surface area (Å²) in [5.41, 5.74) is -1.06. The molecule has 0 bridgehead atoms. The minimum absolute atomic E-state index is 0.198. The van der Waals surface area contributed by atoms with Gasteiger partial charge in [-0.05, 0) is 39.8 Å². The highest BCUT2D eigenvalue weighted by Gasteiger charge is 2.29. The van der Waals surface area contributed by atoms with E-state index >= 15 is 0 Å². The molecule has 4 nitrogen and oxygen atoms in total. The third-order valence-electron chi connectivity index (χ3n) is 2.77. The fourth-order valence-electron chi connectivity index (χ4n) is 1.61. The molecule has 0 heterocycles. The Morgan fingerprint density at radius 3 is 2.25 bits per heavy atom. The van der Waals surface area contributed by atoms with Crippen molar-refractivity contribution in [3.8, 4) is 0 Å². The summed E-state index contributed by atoms with van der Waals surface area (Å²) >= 11 is 0. The second-order valence-corrected chi connectivity index (χ2v) is 7.48. The van der Waals surface area contributed by atoms with Gasteiger partial charge in [0.2, 0.25) is 0 Å². The summed E-state index contributed by atoms with van der Waals surface area (Å²) in [6, 6.07) is 5.81. The summed E-state index contributed by atoms with van der Waals surface area (Å²) < 4.78 is 37.7. The average molecular weight is 301 g/mol. The molecule has 0 aromatic heterocycles. The van der Waals surface area contributed by atoms with Crippen molar-refractivity contribution < 1.29 is 17.6 Å². The number of hydrogen-bond donors (Lipinski definition) is 1. The van der Waals surface area contributed by atoms with Crippen molar-refractivity contribution >= 4 is 15.7 Å². The molecule has 0 spiro atoms. The molecule has 1 atom stereocenters. The number of halogens is 1. The zero-order chi connectivity index (χ0) is 15.6. The molecule has 20 heavy (non-hydrogen) atoms. The Bertz CT molecular complexity index is 573. The first-order valence-corrected chi connectivity index (χ1v) is 7.97. The van der Waals surface area contributed by atoms with Crippen LogP contribution in [0.2, 0.25) is 0 Å². The topological polar surface area (TPSA) is 63.2 Å². The van der Waals surface area contributed by atoms with Gasteiger partial charge in [-0.1, -0.05) is 17.7 Å². The number of sulfone groups is 1. The Morgan fingerprint density at radius 2 is 1.80 bits per heavy atom. The first-order chi connectivity index (χ1) is 9.02. The van der Waals surface area contributed by atoms with Crippen LogP contribution in [0.4, 0.5) is 4.39 Å². The van der Waals surface area contributed by atoms with E-state index in [1.807, 2.05) is 6.92 Å².